The van der Waals surface area contributed by atoms with Crippen molar-refractivity contribution in [2.75, 3.05) is 0 Å². The average Bonchev–Trinajstić information content (AvgIpc) is 2.85. The molecular formula is C16H16N2O. The molecule has 0 saturated carbocycles. The maximum atomic E-state index is 6.22. The lowest BCUT2D eigenvalue weighted by atomic mass is 10.0. The average molecular weight is 252 g/mol. The van der Waals surface area contributed by atoms with Crippen molar-refractivity contribution in [2.45, 2.75) is 19.4 Å². The van der Waals surface area contributed by atoms with E-state index < -0.39 is 0 Å². The highest BCUT2D eigenvalue weighted by Crippen LogP contribution is 2.21. The van der Waals surface area contributed by atoms with Gasteiger partial charge in [0.15, 0.2) is 0 Å². The molecule has 3 nitrogen and oxygen atoms in total. The van der Waals surface area contributed by atoms with Crippen molar-refractivity contribution in [1.82, 2.24) is 4.98 Å². The lowest BCUT2D eigenvalue weighted by Gasteiger charge is -2.10. The standard InChI is InChI=1S/C16H16N2O/c1-11-14(8-9-19-11)15(17)10-13-7-6-12-4-2-3-5-16(12)18-13/h2-9,15H,10,17H2,1H3. The van der Waals surface area contributed by atoms with E-state index in [2.05, 4.69) is 17.1 Å². The topological polar surface area (TPSA) is 52.0 Å². The van der Waals surface area contributed by atoms with Gasteiger partial charge in [-0.15, -0.1) is 0 Å². The Balaban J connectivity index is 1.87. The van der Waals surface area contributed by atoms with Crippen molar-refractivity contribution < 1.29 is 4.42 Å². The first-order valence-corrected chi connectivity index (χ1v) is 6.38. The summed E-state index contributed by atoms with van der Waals surface area (Å²) in [6, 6.07) is 14.1. The number of fused-ring (bicyclic) bond motifs is 1. The van der Waals surface area contributed by atoms with Gasteiger partial charge in [-0.2, -0.15) is 0 Å². The second-order valence-electron chi connectivity index (χ2n) is 4.74. The lowest BCUT2D eigenvalue weighted by Crippen LogP contribution is -2.14. The molecule has 3 aromatic rings. The largest absolute Gasteiger partial charge is 0.469 e. The van der Waals surface area contributed by atoms with E-state index in [0.717, 1.165) is 27.9 Å². The Morgan fingerprint density at radius 3 is 2.79 bits per heavy atom. The van der Waals surface area contributed by atoms with E-state index in [-0.39, 0.29) is 6.04 Å². The number of hydrogen-bond donors (Lipinski definition) is 1. The smallest absolute Gasteiger partial charge is 0.105 e. The fourth-order valence-corrected chi connectivity index (χ4v) is 2.34. The summed E-state index contributed by atoms with van der Waals surface area (Å²) in [6.07, 6.45) is 2.39. The highest BCUT2D eigenvalue weighted by molar-refractivity contribution is 5.78. The number of hydrogen-bond acceptors (Lipinski definition) is 3. The van der Waals surface area contributed by atoms with Crippen molar-refractivity contribution in [1.29, 1.82) is 0 Å². The Bertz CT molecular complexity index is 703. The molecule has 0 radical (unpaired) electrons. The summed E-state index contributed by atoms with van der Waals surface area (Å²) in [6.45, 7) is 1.93. The first-order chi connectivity index (χ1) is 9.24. The van der Waals surface area contributed by atoms with E-state index in [1.54, 1.807) is 6.26 Å². The minimum Gasteiger partial charge on any atom is -0.469 e. The van der Waals surface area contributed by atoms with Gasteiger partial charge in [0.05, 0.1) is 11.8 Å². The van der Waals surface area contributed by atoms with Crippen molar-refractivity contribution in [3.05, 3.63) is 65.7 Å². The predicted molar refractivity (Wildman–Crippen MR) is 75.8 cm³/mol. The van der Waals surface area contributed by atoms with Gasteiger partial charge in [0, 0.05) is 29.1 Å². The Morgan fingerprint density at radius 2 is 2.00 bits per heavy atom. The van der Waals surface area contributed by atoms with E-state index in [0.29, 0.717) is 6.42 Å². The minimum atomic E-state index is -0.0765. The van der Waals surface area contributed by atoms with Gasteiger partial charge in [-0.1, -0.05) is 24.3 Å². The molecule has 0 spiro atoms. The summed E-state index contributed by atoms with van der Waals surface area (Å²) in [5.41, 5.74) is 9.28. The maximum Gasteiger partial charge on any atom is 0.105 e. The number of benzene rings is 1. The van der Waals surface area contributed by atoms with Crippen LogP contribution in [0.1, 0.15) is 23.1 Å². The van der Waals surface area contributed by atoms with Crippen LogP contribution in [0.15, 0.2) is 53.1 Å². The molecule has 2 aromatic heterocycles. The third kappa shape index (κ3) is 2.37. The van der Waals surface area contributed by atoms with E-state index in [9.17, 15) is 0 Å². The van der Waals surface area contributed by atoms with Crippen LogP contribution in [0.3, 0.4) is 0 Å². The number of nitrogens with two attached hydrogens (primary N) is 1. The Kier molecular flexibility index (Phi) is 3.05. The first-order valence-electron chi connectivity index (χ1n) is 6.38. The molecular weight excluding hydrogens is 236 g/mol. The van der Waals surface area contributed by atoms with Crippen LogP contribution in [0.2, 0.25) is 0 Å². The van der Waals surface area contributed by atoms with Crippen LogP contribution in [-0.4, -0.2) is 4.98 Å². The molecule has 19 heavy (non-hydrogen) atoms. The summed E-state index contributed by atoms with van der Waals surface area (Å²) < 4.78 is 5.29. The van der Waals surface area contributed by atoms with Crippen molar-refractivity contribution in [3.63, 3.8) is 0 Å². The van der Waals surface area contributed by atoms with Gasteiger partial charge in [0.25, 0.3) is 0 Å². The van der Waals surface area contributed by atoms with Gasteiger partial charge in [0.1, 0.15) is 5.76 Å². The summed E-state index contributed by atoms with van der Waals surface area (Å²) in [5.74, 6) is 0.883. The van der Waals surface area contributed by atoms with Crippen LogP contribution in [-0.2, 0) is 6.42 Å². The van der Waals surface area contributed by atoms with Crippen molar-refractivity contribution >= 4 is 10.9 Å². The summed E-state index contributed by atoms with van der Waals surface area (Å²) in [7, 11) is 0. The SMILES string of the molecule is Cc1occc1C(N)Cc1ccc2ccccc2n1. The number of aromatic nitrogens is 1. The summed E-state index contributed by atoms with van der Waals surface area (Å²) in [5, 5.41) is 1.15. The zero-order valence-electron chi connectivity index (χ0n) is 10.8. The monoisotopic (exact) mass is 252 g/mol. The molecule has 0 saturated heterocycles. The lowest BCUT2D eigenvalue weighted by molar-refractivity contribution is 0.523. The van der Waals surface area contributed by atoms with Gasteiger partial charge in [-0.05, 0) is 25.1 Å². The number of furan rings is 1. The molecule has 0 amide bonds. The highest BCUT2D eigenvalue weighted by atomic mass is 16.3. The van der Waals surface area contributed by atoms with E-state index >= 15 is 0 Å². The molecule has 2 heterocycles. The number of pyridine rings is 1. The molecule has 1 atom stereocenters. The number of para-hydroxylation sites is 1. The van der Waals surface area contributed by atoms with Gasteiger partial charge in [-0.3, -0.25) is 4.98 Å². The molecule has 0 fully saturated rings. The molecule has 0 aliphatic rings. The second-order valence-corrected chi connectivity index (χ2v) is 4.74. The van der Waals surface area contributed by atoms with E-state index in [1.165, 1.54) is 0 Å². The van der Waals surface area contributed by atoms with Crippen LogP contribution in [0, 0.1) is 6.92 Å². The predicted octanol–water partition coefficient (Wildman–Crippen LogP) is 3.38. The molecule has 3 rings (SSSR count). The molecule has 1 unspecified atom stereocenters. The number of rotatable bonds is 3. The van der Waals surface area contributed by atoms with Crippen LogP contribution in [0.4, 0.5) is 0 Å². The summed E-state index contributed by atoms with van der Waals surface area (Å²) >= 11 is 0. The van der Waals surface area contributed by atoms with Crippen molar-refractivity contribution in [3.8, 4) is 0 Å². The zero-order valence-corrected chi connectivity index (χ0v) is 10.8. The minimum absolute atomic E-state index is 0.0765. The molecule has 2 N–H and O–H groups in total. The molecule has 0 aliphatic heterocycles. The molecule has 0 bridgehead atoms. The molecule has 96 valence electrons. The van der Waals surface area contributed by atoms with Crippen LogP contribution in [0.5, 0.6) is 0 Å². The van der Waals surface area contributed by atoms with Crippen LogP contribution < -0.4 is 5.73 Å². The molecule has 1 aromatic carbocycles. The maximum absolute atomic E-state index is 6.22. The van der Waals surface area contributed by atoms with Gasteiger partial charge >= 0.3 is 0 Å². The normalized spacial score (nSPS) is 12.7. The van der Waals surface area contributed by atoms with Gasteiger partial charge in [0.2, 0.25) is 0 Å². The van der Waals surface area contributed by atoms with Crippen molar-refractivity contribution in [2.24, 2.45) is 5.73 Å². The first kappa shape index (κ1) is 11.9. The number of nitrogens with zero attached hydrogens (tertiary/aromatic N) is 1. The quantitative estimate of drug-likeness (QED) is 0.777. The third-order valence-electron chi connectivity index (χ3n) is 3.38. The Hall–Kier alpha value is -2.13. The summed E-state index contributed by atoms with van der Waals surface area (Å²) in [4.78, 5) is 4.64. The van der Waals surface area contributed by atoms with Gasteiger partial charge in [-0.25, -0.2) is 0 Å². The fraction of sp³-hybridized carbons (Fsp3) is 0.188. The van der Waals surface area contributed by atoms with E-state index in [1.807, 2.05) is 37.3 Å². The molecule has 0 aliphatic carbocycles. The third-order valence-corrected chi connectivity index (χ3v) is 3.38. The van der Waals surface area contributed by atoms with E-state index in [4.69, 9.17) is 10.2 Å². The number of aryl methyl sites for hydroxylation is 1. The molecule has 3 heteroatoms. The zero-order chi connectivity index (χ0) is 13.2. The van der Waals surface area contributed by atoms with Crippen LogP contribution in [0.25, 0.3) is 10.9 Å². The van der Waals surface area contributed by atoms with Gasteiger partial charge < -0.3 is 10.2 Å². The van der Waals surface area contributed by atoms with Crippen LogP contribution >= 0.6 is 0 Å². The second kappa shape index (κ2) is 4.86. The fourth-order valence-electron chi connectivity index (χ4n) is 2.34. The highest BCUT2D eigenvalue weighted by Gasteiger charge is 2.12. The Labute approximate surface area is 112 Å². The Morgan fingerprint density at radius 1 is 1.16 bits per heavy atom.